The Balaban J connectivity index is 1.98. The first-order chi connectivity index (χ1) is 9.56. The van der Waals surface area contributed by atoms with Crippen molar-refractivity contribution in [2.75, 3.05) is 19.8 Å². The molecule has 112 valence electrons. The van der Waals surface area contributed by atoms with Gasteiger partial charge >= 0.3 is 0 Å². The van der Waals surface area contributed by atoms with Crippen molar-refractivity contribution in [1.82, 2.24) is 10.3 Å². The highest BCUT2D eigenvalue weighted by atomic mass is 16.5. The lowest BCUT2D eigenvalue weighted by Crippen LogP contribution is -2.44. The van der Waals surface area contributed by atoms with Gasteiger partial charge < -0.3 is 25.4 Å². The molecule has 1 saturated heterocycles. The van der Waals surface area contributed by atoms with Crippen molar-refractivity contribution in [2.45, 2.75) is 38.5 Å². The van der Waals surface area contributed by atoms with Gasteiger partial charge in [0.1, 0.15) is 5.75 Å². The van der Waals surface area contributed by atoms with Crippen molar-refractivity contribution in [3.8, 4) is 5.75 Å². The van der Waals surface area contributed by atoms with Crippen LogP contribution in [0.1, 0.15) is 29.7 Å². The molecule has 1 fully saturated rings. The first-order valence-corrected chi connectivity index (χ1v) is 6.84. The summed E-state index contributed by atoms with van der Waals surface area (Å²) in [6.07, 6.45) is 2.78. The Kier molecular flexibility index (Phi) is 4.93. The van der Waals surface area contributed by atoms with Crippen LogP contribution in [0.4, 0.5) is 0 Å². The number of aryl methyl sites for hydroxylation is 1. The Labute approximate surface area is 118 Å². The Morgan fingerprint density at radius 1 is 1.40 bits per heavy atom. The minimum Gasteiger partial charge on any atom is -0.506 e. The number of aliphatic hydroxyl groups is 2. The van der Waals surface area contributed by atoms with Crippen LogP contribution in [0.3, 0.4) is 0 Å². The topological polar surface area (TPSA) is 94.8 Å². The Hall–Kier alpha value is -1.21. The summed E-state index contributed by atoms with van der Waals surface area (Å²) < 4.78 is 5.23. The molecule has 6 nitrogen and oxygen atoms in total. The van der Waals surface area contributed by atoms with Crippen LogP contribution >= 0.6 is 0 Å². The van der Waals surface area contributed by atoms with Crippen molar-refractivity contribution in [3.05, 3.63) is 23.0 Å². The smallest absolute Gasteiger partial charge is 0.141 e. The number of aromatic hydroxyl groups is 1. The normalized spacial score (nSPS) is 18.1. The SMILES string of the molecule is Cc1ncc(CO)c(CNCC2(O)CCOCC2)c1O. The van der Waals surface area contributed by atoms with Crippen molar-refractivity contribution in [2.24, 2.45) is 0 Å². The molecule has 1 aromatic rings. The fourth-order valence-electron chi connectivity index (χ4n) is 2.37. The maximum atomic E-state index is 10.3. The van der Waals surface area contributed by atoms with E-state index in [-0.39, 0.29) is 12.4 Å². The van der Waals surface area contributed by atoms with E-state index in [9.17, 15) is 15.3 Å². The number of aromatic nitrogens is 1. The summed E-state index contributed by atoms with van der Waals surface area (Å²) in [6, 6.07) is 0. The van der Waals surface area contributed by atoms with Gasteiger partial charge in [-0.05, 0) is 6.92 Å². The summed E-state index contributed by atoms with van der Waals surface area (Å²) in [5.74, 6) is 0.100. The fourth-order valence-corrected chi connectivity index (χ4v) is 2.37. The third-order valence-electron chi connectivity index (χ3n) is 3.78. The monoisotopic (exact) mass is 282 g/mol. The molecule has 0 aliphatic carbocycles. The van der Waals surface area contributed by atoms with Crippen LogP contribution in [0.5, 0.6) is 5.75 Å². The second-order valence-electron chi connectivity index (χ2n) is 5.29. The summed E-state index contributed by atoms with van der Waals surface area (Å²) in [5.41, 5.74) is 1.01. The van der Waals surface area contributed by atoms with Gasteiger partial charge in [0.2, 0.25) is 0 Å². The van der Waals surface area contributed by atoms with Gasteiger partial charge in [-0.1, -0.05) is 0 Å². The lowest BCUT2D eigenvalue weighted by molar-refractivity contribution is -0.0617. The standard InChI is InChI=1S/C14H22N2O4/c1-10-13(18)12(11(8-17)6-16-10)7-15-9-14(19)2-4-20-5-3-14/h6,15,17-19H,2-5,7-9H2,1H3. The maximum absolute atomic E-state index is 10.3. The first-order valence-electron chi connectivity index (χ1n) is 6.84. The van der Waals surface area contributed by atoms with Crippen molar-refractivity contribution in [3.63, 3.8) is 0 Å². The molecule has 6 heteroatoms. The molecule has 4 N–H and O–H groups in total. The average Bonchev–Trinajstić information content (AvgIpc) is 2.44. The molecule has 0 amide bonds. The van der Waals surface area contributed by atoms with E-state index >= 15 is 0 Å². The minimum absolute atomic E-state index is 0.100. The highest BCUT2D eigenvalue weighted by Crippen LogP contribution is 2.24. The van der Waals surface area contributed by atoms with Crippen LogP contribution < -0.4 is 5.32 Å². The van der Waals surface area contributed by atoms with Crippen LogP contribution in [0, 0.1) is 6.92 Å². The maximum Gasteiger partial charge on any atom is 0.141 e. The van der Waals surface area contributed by atoms with E-state index in [1.165, 1.54) is 0 Å². The van der Waals surface area contributed by atoms with Gasteiger partial charge in [-0.25, -0.2) is 0 Å². The molecule has 20 heavy (non-hydrogen) atoms. The van der Waals surface area contributed by atoms with Gasteiger partial charge in [-0.15, -0.1) is 0 Å². The lowest BCUT2D eigenvalue weighted by Gasteiger charge is -2.32. The number of rotatable bonds is 5. The predicted molar refractivity (Wildman–Crippen MR) is 73.3 cm³/mol. The zero-order valence-corrected chi connectivity index (χ0v) is 11.7. The van der Waals surface area contributed by atoms with Gasteiger partial charge in [-0.2, -0.15) is 0 Å². The quantitative estimate of drug-likeness (QED) is 0.617. The molecule has 1 aliphatic heterocycles. The summed E-state index contributed by atoms with van der Waals surface area (Å²) in [5, 5.41) is 32.8. The number of nitrogens with one attached hydrogen (secondary N) is 1. The number of pyridine rings is 1. The molecule has 1 aromatic heterocycles. The van der Waals surface area contributed by atoms with E-state index in [0.717, 1.165) is 0 Å². The largest absolute Gasteiger partial charge is 0.506 e. The van der Waals surface area contributed by atoms with Crippen LogP contribution in [0.2, 0.25) is 0 Å². The number of nitrogens with zero attached hydrogens (tertiary/aromatic N) is 1. The van der Waals surface area contributed by atoms with Gasteiger partial charge in [0.25, 0.3) is 0 Å². The van der Waals surface area contributed by atoms with E-state index in [0.29, 0.717) is 56.0 Å². The molecule has 0 saturated carbocycles. The minimum atomic E-state index is -0.755. The molecule has 2 rings (SSSR count). The van der Waals surface area contributed by atoms with E-state index in [4.69, 9.17) is 4.74 Å². The highest BCUT2D eigenvalue weighted by molar-refractivity contribution is 5.40. The van der Waals surface area contributed by atoms with Crippen LogP contribution in [-0.4, -0.2) is 45.7 Å². The summed E-state index contributed by atoms with van der Waals surface area (Å²) in [4.78, 5) is 4.02. The molecule has 0 unspecified atom stereocenters. The predicted octanol–water partition coefficient (Wildman–Crippen LogP) is 0.219. The molecule has 0 aromatic carbocycles. The van der Waals surface area contributed by atoms with Gasteiger partial charge in [0.05, 0.1) is 17.9 Å². The summed E-state index contributed by atoms with van der Waals surface area (Å²) in [7, 11) is 0. The van der Waals surface area contributed by atoms with Crippen LogP contribution in [0.15, 0.2) is 6.20 Å². The average molecular weight is 282 g/mol. The number of hydrogen-bond acceptors (Lipinski definition) is 6. The van der Waals surface area contributed by atoms with Crippen molar-refractivity contribution >= 4 is 0 Å². The van der Waals surface area contributed by atoms with Crippen molar-refractivity contribution in [1.29, 1.82) is 0 Å². The molecule has 1 aliphatic rings. The Bertz CT molecular complexity index is 459. The second kappa shape index (κ2) is 6.49. The molecule has 0 spiro atoms. The van der Waals surface area contributed by atoms with Crippen LogP contribution in [-0.2, 0) is 17.9 Å². The molecule has 0 atom stereocenters. The van der Waals surface area contributed by atoms with Gasteiger partial charge in [-0.3, -0.25) is 4.98 Å². The molecular weight excluding hydrogens is 260 g/mol. The molecule has 2 heterocycles. The summed E-state index contributed by atoms with van der Waals surface area (Å²) in [6.45, 7) is 3.50. The van der Waals surface area contributed by atoms with Crippen molar-refractivity contribution < 1.29 is 20.1 Å². The summed E-state index contributed by atoms with van der Waals surface area (Å²) >= 11 is 0. The van der Waals surface area contributed by atoms with Gasteiger partial charge in [0, 0.05) is 56.5 Å². The Morgan fingerprint density at radius 2 is 2.10 bits per heavy atom. The van der Waals surface area contributed by atoms with Gasteiger partial charge in [0.15, 0.2) is 0 Å². The van der Waals surface area contributed by atoms with E-state index < -0.39 is 5.60 Å². The Morgan fingerprint density at radius 3 is 2.75 bits per heavy atom. The fraction of sp³-hybridized carbons (Fsp3) is 0.643. The van der Waals surface area contributed by atoms with E-state index in [1.54, 1.807) is 13.1 Å². The molecular formula is C14H22N2O4. The lowest BCUT2D eigenvalue weighted by atomic mass is 9.94. The number of aliphatic hydroxyl groups excluding tert-OH is 1. The van der Waals surface area contributed by atoms with E-state index in [2.05, 4.69) is 10.3 Å². The second-order valence-corrected chi connectivity index (χ2v) is 5.29. The molecule has 0 bridgehead atoms. The first kappa shape index (κ1) is 15.2. The van der Waals surface area contributed by atoms with E-state index in [1.807, 2.05) is 0 Å². The number of hydrogen-bond donors (Lipinski definition) is 4. The number of ether oxygens (including phenoxy) is 1. The van der Waals surface area contributed by atoms with Crippen LogP contribution in [0.25, 0.3) is 0 Å². The zero-order chi connectivity index (χ0) is 14.6. The highest BCUT2D eigenvalue weighted by Gasteiger charge is 2.29. The third kappa shape index (κ3) is 3.46. The zero-order valence-electron chi connectivity index (χ0n) is 11.7. The molecule has 0 radical (unpaired) electrons. The third-order valence-corrected chi connectivity index (χ3v) is 3.78.